The maximum atomic E-state index is 13.0. The fourth-order valence-electron chi connectivity index (χ4n) is 2.81. The summed E-state index contributed by atoms with van der Waals surface area (Å²) in [6.45, 7) is 0.151. The third kappa shape index (κ3) is 5.59. The van der Waals surface area contributed by atoms with Crippen molar-refractivity contribution in [1.82, 2.24) is 9.29 Å². The van der Waals surface area contributed by atoms with E-state index < -0.39 is 21.9 Å². The summed E-state index contributed by atoms with van der Waals surface area (Å²) >= 11 is 3.28. The van der Waals surface area contributed by atoms with Crippen molar-refractivity contribution in [3.05, 3.63) is 76.4 Å². The molecule has 2 aromatic carbocycles. The minimum atomic E-state index is -4.57. The Morgan fingerprint density at radius 1 is 1.09 bits per heavy atom. The van der Waals surface area contributed by atoms with Crippen LogP contribution in [-0.4, -0.2) is 31.9 Å². The van der Waals surface area contributed by atoms with Gasteiger partial charge in [-0.25, -0.2) is 13.4 Å². The molecule has 170 valence electrons. The van der Waals surface area contributed by atoms with Crippen molar-refractivity contribution >= 4 is 37.5 Å². The van der Waals surface area contributed by atoms with Crippen molar-refractivity contribution in [3.8, 4) is 5.75 Å². The van der Waals surface area contributed by atoms with Crippen LogP contribution in [0.1, 0.15) is 11.3 Å². The third-order valence-corrected chi connectivity index (χ3v) is 6.97. The van der Waals surface area contributed by atoms with Gasteiger partial charge in [0.05, 0.1) is 17.7 Å². The lowest BCUT2D eigenvalue weighted by Crippen LogP contribution is -2.26. The molecule has 0 aliphatic heterocycles. The van der Waals surface area contributed by atoms with Crippen LogP contribution in [0.2, 0.25) is 0 Å². The molecule has 0 radical (unpaired) electrons. The number of pyridine rings is 1. The van der Waals surface area contributed by atoms with E-state index in [1.54, 1.807) is 31.4 Å². The van der Waals surface area contributed by atoms with Crippen molar-refractivity contribution in [2.75, 3.05) is 19.5 Å². The third-order valence-electron chi connectivity index (χ3n) is 4.52. The summed E-state index contributed by atoms with van der Waals surface area (Å²) in [5.74, 6) is 0.647. The van der Waals surface area contributed by atoms with Crippen LogP contribution in [0.15, 0.2) is 70.0 Å². The number of alkyl halides is 3. The van der Waals surface area contributed by atoms with Gasteiger partial charge in [-0.3, -0.25) is 0 Å². The second-order valence-corrected chi connectivity index (χ2v) is 9.68. The Morgan fingerprint density at radius 3 is 2.38 bits per heavy atom. The highest BCUT2D eigenvalue weighted by molar-refractivity contribution is 9.10. The molecule has 0 fully saturated rings. The smallest absolute Gasteiger partial charge is 0.433 e. The highest BCUT2D eigenvalue weighted by atomic mass is 79.9. The van der Waals surface area contributed by atoms with Gasteiger partial charge in [0.15, 0.2) is 0 Å². The molecule has 0 saturated heterocycles. The van der Waals surface area contributed by atoms with Gasteiger partial charge < -0.3 is 10.1 Å². The number of hydrogen-bond acceptors (Lipinski definition) is 5. The number of nitrogens with zero attached hydrogens (tertiary/aromatic N) is 2. The van der Waals surface area contributed by atoms with Crippen LogP contribution < -0.4 is 10.1 Å². The molecule has 3 rings (SSSR count). The van der Waals surface area contributed by atoms with Crippen molar-refractivity contribution in [2.24, 2.45) is 0 Å². The first kappa shape index (κ1) is 24.0. The lowest BCUT2D eigenvalue weighted by Gasteiger charge is -2.18. The first-order valence-electron chi connectivity index (χ1n) is 9.21. The minimum Gasteiger partial charge on any atom is -0.497 e. The van der Waals surface area contributed by atoms with Crippen LogP contribution in [-0.2, 0) is 22.7 Å². The molecule has 0 amide bonds. The first-order valence-corrected chi connectivity index (χ1v) is 11.4. The van der Waals surface area contributed by atoms with E-state index in [0.29, 0.717) is 15.9 Å². The monoisotopic (exact) mass is 529 g/mol. The Kier molecular flexibility index (Phi) is 7.11. The molecule has 0 aliphatic rings. The molecular formula is C21H19BrF3N3O3S. The van der Waals surface area contributed by atoms with E-state index in [1.807, 2.05) is 0 Å². The highest BCUT2D eigenvalue weighted by Gasteiger charge is 2.32. The van der Waals surface area contributed by atoms with E-state index in [0.717, 1.165) is 11.6 Å². The number of sulfonamides is 1. The highest BCUT2D eigenvalue weighted by Crippen LogP contribution is 2.32. The van der Waals surface area contributed by atoms with Gasteiger partial charge in [0, 0.05) is 18.1 Å². The molecular weight excluding hydrogens is 511 g/mol. The molecule has 0 saturated carbocycles. The zero-order chi connectivity index (χ0) is 23.5. The number of anilines is 2. The summed E-state index contributed by atoms with van der Waals surface area (Å²) in [6.07, 6.45) is -4.57. The van der Waals surface area contributed by atoms with Gasteiger partial charge in [0.2, 0.25) is 10.0 Å². The Bertz CT molecular complexity index is 1200. The second-order valence-electron chi connectivity index (χ2n) is 6.78. The number of hydrogen-bond donors (Lipinski definition) is 1. The quantitative estimate of drug-likeness (QED) is 0.441. The van der Waals surface area contributed by atoms with E-state index in [2.05, 4.69) is 26.2 Å². The van der Waals surface area contributed by atoms with E-state index in [4.69, 9.17) is 4.74 Å². The van der Waals surface area contributed by atoms with Gasteiger partial charge in [-0.1, -0.05) is 18.2 Å². The standard InChI is InChI=1S/C21H19BrF3N3O3S/c1-28(13-14-6-8-15(31-2)9-7-14)32(29,30)16-10-11-18(17(22)12-16)26-20-5-3-4-19(27-20)21(23,24)25/h3-12H,13H2,1-2H3,(H,26,27). The minimum absolute atomic E-state index is 0.0206. The van der Waals surface area contributed by atoms with E-state index in [1.165, 1.54) is 41.7 Å². The zero-order valence-electron chi connectivity index (χ0n) is 17.0. The number of halogens is 4. The normalized spacial score (nSPS) is 12.1. The summed E-state index contributed by atoms with van der Waals surface area (Å²) in [5.41, 5.74) is 0.122. The molecule has 1 heterocycles. The van der Waals surface area contributed by atoms with Gasteiger partial charge in [0.25, 0.3) is 0 Å². The van der Waals surface area contributed by atoms with Crippen molar-refractivity contribution in [1.29, 1.82) is 0 Å². The van der Waals surface area contributed by atoms with Crippen LogP contribution in [0.4, 0.5) is 24.7 Å². The van der Waals surface area contributed by atoms with Gasteiger partial charge in [-0.2, -0.15) is 17.5 Å². The molecule has 1 aromatic heterocycles. The molecule has 0 unspecified atom stereocenters. The molecule has 0 aliphatic carbocycles. The number of aromatic nitrogens is 1. The molecule has 6 nitrogen and oxygen atoms in total. The lowest BCUT2D eigenvalue weighted by atomic mass is 10.2. The lowest BCUT2D eigenvalue weighted by molar-refractivity contribution is -0.141. The fourth-order valence-corrected chi connectivity index (χ4v) is 4.63. The number of benzene rings is 2. The number of ether oxygens (including phenoxy) is 1. The summed E-state index contributed by atoms with van der Waals surface area (Å²) in [4.78, 5) is 3.58. The van der Waals surface area contributed by atoms with Crippen LogP contribution >= 0.6 is 15.9 Å². The fraction of sp³-hybridized carbons (Fsp3) is 0.190. The number of methoxy groups -OCH3 is 1. The van der Waals surface area contributed by atoms with Gasteiger partial charge in [-0.15, -0.1) is 0 Å². The Hall–Kier alpha value is -2.63. The van der Waals surface area contributed by atoms with Crippen LogP contribution in [0.25, 0.3) is 0 Å². The van der Waals surface area contributed by atoms with Crippen molar-refractivity contribution in [2.45, 2.75) is 17.6 Å². The molecule has 32 heavy (non-hydrogen) atoms. The first-order chi connectivity index (χ1) is 15.0. The second kappa shape index (κ2) is 9.47. The van der Waals surface area contributed by atoms with E-state index in [-0.39, 0.29) is 17.3 Å². The molecule has 1 N–H and O–H groups in total. The Labute approximate surface area is 192 Å². The molecule has 11 heteroatoms. The maximum absolute atomic E-state index is 13.0. The molecule has 0 spiro atoms. The van der Waals surface area contributed by atoms with Crippen molar-refractivity contribution < 1.29 is 26.3 Å². The molecule has 0 atom stereocenters. The van der Waals surface area contributed by atoms with Crippen LogP contribution in [0.3, 0.4) is 0 Å². The molecule has 3 aromatic rings. The van der Waals surface area contributed by atoms with Crippen LogP contribution in [0.5, 0.6) is 5.75 Å². The van der Waals surface area contributed by atoms with E-state index >= 15 is 0 Å². The number of rotatable bonds is 7. The van der Waals surface area contributed by atoms with Gasteiger partial charge in [0.1, 0.15) is 17.3 Å². The predicted molar refractivity (Wildman–Crippen MR) is 118 cm³/mol. The van der Waals surface area contributed by atoms with Gasteiger partial charge in [-0.05, 0) is 64.0 Å². The largest absolute Gasteiger partial charge is 0.497 e. The summed E-state index contributed by atoms with van der Waals surface area (Å²) in [6, 6.07) is 14.7. The van der Waals surface area contributed by atoms with Gasteiger partial charge >= 0.3 is 6.18 Å². The van der Waals surface area contributed by atoms with E-state index in [9.17, 15) is 21.6 Å². The topological polar surface area (TPSA) is 71.5 Å². The van der Waals surface area contributed by atoms with Crippen molar-refractivity contribution in [3.63, 3.8) is 0 Å². The average Bonchev–Trinajstić information content (AvgIpc) is 2.75. The average molecular weight is 530 g/mol. The predicted octanol–water partition coefficient (Wildman–Crippen LogP) is 5.44. The Morgan fingerprint density at radius 2 is 1.78 bits per heavy atom. The summed E-state index contributed by atoms with van der Waals surface area (Å²) in [7, 11) is -0.800. The number of nitrogens with one attached hydrogen (secondary N) is 1. The van der Waals surface area contributed by atoms with Crippen LogP contribution in [0, 0.1) is 0 Å². The molecule has 0 bridgehead atoms. The SMILES string of the molecule is COc1ccc(CN(C)S(=O)(=O)c2ccc(Nc3cccc(C(F)(F)F)n3)c(Br)c2)cc1. The summed E-state index contributed by atoms with van der Waals surface area (Å²) < 4.78 is 71.2. The summed E-state index contributed by atoms with van der Waals surface area (Å²) in [5, 5.41) is 2.76. The maximum Gasteiger partial charge on any atom is 0.433 e. The Balaban J connectivity index is 1.78. The zero-order valence-corrected chi connectivity index (χ0v) is 19.4.